The van der Waals surface area contributed by atoms with Gasteiger partial charge in [-0.25, -0.2) is 0 Å². The van der Waals surface area contributed by atoms with Crippen LogP contribution in [-0.4, -0.2) is 32.2 Å². The van der Waals surface area contributed by atoms with Crippen molar-refractivity contribution >= 4 is 11.6 Å². The third kappa shape index (κ3) is 2.32. The van der Waals surface area contributed by atoms with Gasteiger partial charge in [0.2, 0.25) is 0 Å². The summed E-state index contributed by atoms with van der Waals surface area (Å²) in [6, 6.07) is 0.0779. The number of hydrogen-bond donors (Lipinski definition) is 2. The molecule has 2 heterocycles. The van der Waals surface area contributed by atoms with Crippen LogP contribution < -0.4 is 5.32 Å². The number of aromatic amines is 1. The lowest BCUT2D eigenvalue weighted by Gasteiger charge is -2.12. The summed E-state index contributed by atoms with van der Waals surface area (Å²) in [5, 5.41) is 18.7. The predicted molar refractivity (Wildman–Crippen MR) is 64.8 cm³/mol. The molecule has 0 bridgehead atoms. The van der Waals surface area contributed by atoms with Gasteiger partial charge in [-0.1, -0.05) is 11.6 Å². The van der Waals surface area contributed by atoms with E-state index in [0.29, 0.717) is 5.15 Å². The minimum Gasteiger partial charge on any atom is -0.311 e. The number of aromatic nitrogens is 5. The average Bonchev–Trinajstić information content (AvgIpc) is 2.89. The molecule has 0 saturated carbocycles. The Morgan fingerprint density at radius 1 is 1.59 bits per heavy atom. The Kier molecular flexibility index (Phi) is 3.44. The molecule has 0 radical (unpaired) electrons. The Morgan fingerprint density at radius 3 is 2.82 bits per heavy atom. The summed E-state index contributed by atoms with van der Waals surface area (Å²) in [4.78, 5) is 0. The molecule has 1 atom stereocenters. The largest absolute Gasteiger partial charge is 0.311 e. The molecule has 0 saturated heterocycles. The molecule has 7 heteroatoms. The molecule has 0 spiro atoms. The van der Waals surface area contributed by atoms with E-state index in [9.17, 15) is 0 Å². The highest BCUT2D eigenvalue weighted by Crippen LogP contribution is 2.24. The van der Waals surface area contributed by atoms with Crippen molar-refractivity contribution < 1.29 is 0 Å². The number of halogens is 1. The minimum atomic E-state index is 0.0779. The molecule has 0 amide bonds. The SMILES string of the molecule is CNC(Cc1c(C)nn(C)c1Cl)c1cn[nH]n1. The van der Waals surface area contributed by atoms with E-state index in [1.54, 1.807) is 10.9 Å². The zero-order chi connectivity index (χ0) is 12.4. The second-order valence-corrected chi connectivity index (χ2v) is 4.28. The van der Waals surface area contributed by atoms with E-state index in [2.05, 4.69) is 25.8 Å². The van der Waals surface area contributed by atoms with Crippen molar-refractivity contribution in [2.24, 2.45) is 7.05 Å². The summed E-state index contributed by atoms with van der Waals surface area (Å²) in [6.07, 6.45) is 2.45. The van der Waals surface area contributed by atoms with Crippen molar-refractivity contribution in [1.29, 1.82) is 0 Å². The molecular formula is C10H15ClN6. The highest BCUT2D eigenvalue weighted by atomic mass is 35.5. The van der Waals surface area contributed by atoms with Gasteiger partial charge < -0.3 is 5.32 Å². The molecule has 0 aliphatic rings. The molecule has 0 aromatic carbocycles. The zero-order valence-corrected chi connectivity index (χ0v) is 10.8. The Morgan fingerprint density at radius 2 is 2.35 bits per heavy atom. The molecule has 2 aromatic heterocycles. The van der Waals surface area contributed by atoms with Gasteiger partial charge in [-0.15, -0.1) is 0 Å². The number of nitrogens with one attached hydrogen (secondary N) is 2. The molecule has 6 nitrogen and oxygen atoms in total. The molecule has 17 heavy (non-hydrogen) atoms. The lowest BCUT2D eigenvalue weighted by atomic mass is 10.0. The lowest BCUT2D eigenvalue weighted by molar-refractivity contribution is 0.573. The van der Waals surface area contributed by atoms with Crippen LogP contribution in [0.25, 0.3) is 0 Å². The van der Waals surface area contributed by atoms with Crippen LogP contribution in [0.15, 0.2) is 6.20 Å². The highest BCUT2D eigenvalue weighted by Gasteiger charge is 2.18. The van der Waals surface area contributed by atoms with Gasteiger partial charge in [-0.3, -0.25) is 4.68 Å². The van der Waals surface area contributed by atoms with Gasteiger partial charge >= 0.3 is 0 Å². The van der Waals surface area contributed by atoms with E-state index in [4.69, 9.17) is 11.6 Å². The van der Waals surface area contributed by atoms with E-state index in [-0.39, 0.29) is 6.04 Å². The fourth-order valence-electron chi connectivity index (χ4n) is 1.84. The molecule has 0 fully saturated rings. The molecule has 92 valence electrons. The Bertz CT molecular complexity index is 489. The Hall–Kier alpha value is -1.40. The summed E-state index contributed by atoms with van der Waals surface area (Å²) in [5.74, 6) is 0. The smallest absolute Gasteiger partial charge is 0.130 e. The molecule has 2 N–H and O–H groups in total. The first-order valence-corrected chi connectivity index (χ1v) is 5.72. The van der Waals surface area contributed by atoms with Crippen molar-refractivity contribution in [3.8, 4) is 0 Å². The summed E-state index contributed by atoms with van der Waals surface area (Å²) in [6.45, 7) is 1.96. The van der Waals surface area contributed by atoms with Crippen molar-refractivity contribution in [2.75, 3.05) is 7.05 Å². The maximum atomic E-state index is 6.21. The molecular weight excluding hydrogens is 240 g/mol. The zero-order valence-electron chi connectivity index (χ0n) is 10.0. The fourth-order valence-corrected chi connectivity index (χ4v) is 2.09. The Balaban J connectivity index is 2.24. The normalized spacial score (nSPS) is 12.9. The highest BCUT2D eigenvalue weighted by molar-refractivity contribution is 6.30. The second kappa shape index (κ2) is 4.85. The molecule has 2 rings (SSSR count). The van der Waals surface area contributed by atoms with Crippen LogP contribution in [0.1, 0.15) is 23.0 Å². The monoisotopic (exact) mass is 254 g/mol. The van der Waals surface area contributed by atoms with Gasteiger partial charge in [0.05, 0.1) is 23.6 Å². The van der Waals surface area contributed by atoms with E-state index < -0.39 is 0 Å². The number of H-pyrrole nitrogens is 1. The third-order valence-corrected chi connectivity index (χ3v) is 3.29. The van der Waals surface area contributed by atoms with Crippen molar-refractivity contribution in [1.82, 2.24) is 30.5 Å². The average molecular weight is 255 g/mol. The van der Waals surface area contributed by atoms with Crippen LogP contribution in [0.5, 0.6) is 0 Å². The van der Waals surface area contributed by atoms with Crippen molar-refractivity contribution in [3.63, 3.8) is 0 Å². The number of rotatable bonds is 4. The molecule has 0 aliphatic carbocycles. The summed E-state index contributed by atoms with van der Waals surface area (Å²) in [7, 11) is 3.72. The van der Waals surface area contributed by atoms with Crippen molar-refractivity contribution in [2.45, 2.75) is 19.4 Å². The minimum absolute atomic E-state index is 0.0779. The molecule has 1 unspecified atom stereocenters. The van der Waals surface area contributed by atoms with E-state index >= 15 is 0 Å². The third-order valence-electron chi connectivity index (χ3n) is 2.82. The molecule has 2 aromatic rings. The van der Waals surface area contributed by atoms with Crippen molar-refractivity contribution in [3.05, 3.63) is 28.3 Å². The van der Waals surface area contributed by atoms with Gasteiger partial charge in [0.15, 0.2) is 0 Å². The first-order chi connectivity index (χ1) is 8.13. The summed E-state index contributed by atoms with van der Waals surface area (Å²) >= 11 is 6.21. The van der Waals surface area contributed by atoms with Gasteiger partial charge in [-0.05, 0) is 20.4 Å². The van der Waals surface area contributed by atoms with Gasteiger partial charge in [-0.2, -0.15) is 20.5 Å². The van der Waals surface area contributed by atoms with Crippen LogP contribution in [0.2, 0.25) is 5.15 Å². The second-order valence-electron chi connectivity index (χ2n) is 3.92. The molecule has 0 aliphatic heterocycles. The van der Waals surface area contributed by atoms with Crippen LogP contribution in [-0.2, 0) is 13.5 Å². The van der Waals surface area contributed by atoms with Crippen LogP contribution in [0, 0.1) is 6.92 Å². The van der Waals surface area contributed by atoms with E-state index in [1.165, 1.54) is 0 Å². The van der Waals surface area contributed by atoms with Crippen LogP contribution in [0.4, 0.5) is 0 Å². The standard InChI is InChI=1S/C10H15ClN6/c1-6-7(10(11)17(3)15-6)4-8(12-2)9-5-13-16-14-9/h5,8,12H,4H2,1-3H3,(H,13,14,16). The maximum Gasteiger partial charge on any atom is 0.130 e. The van der Waals surface area contributed by atoms with E-state index in [1.807, 2.05) is 21.0 Å². The first-order valence-electron chi connectivity index (χ1n) is 5.34. The topological polar surface area (TPSA) is 71.4 Å². The van der Waals surface area contributed by atoms with E-state index in [0.717, 1.165) is 23.4 Å². The number of hydrogen-bond acceptors (Lipinski definition) is 4. The summed E-state index contributed by atoms with van der Waals surface area (Å²) < 4.78 is 1.68. The van der Waals surface area contributed by atoms with Gasteiger partial charge in [0.25, 0.3) is 0 Å². The number of nitrogens with zero attached hydrogens (tertiary/aromatic N) is 4. The Labute approximate surface area is 104 Å². The number of likely N-dealkylation sites (N-methyl/N-ethyl adjacent to an activating group) is 1. The fraction of sp³-hybridized carbons (Fsp3) is 0.500. The van der Waals surface area contributed by atoms with Crippen LogP contribution >= 0.6 is 11.6 Å². The van der Waals surface area contributed by atoms with Crippen LogP contribution in [0.3, 0.4) is 0 Å². The number of aryl methyl sites for hydroxylation is 2. The first kappa shape index (κ1) is 12.1. The maximum absolute atomic E-state index is 6.21. The predicted octanol–water partition coefficient (Wildman–Crippen LogP) is 1.00. The quantitative estimate of drug-likeness (QED) is 0.854. The lowest BCUT2D eigenvalue weighted by Crippen LogP contribution is -2.19. The van der Waals surface area contributed by atoms with Gasteiger partial charge in [0, 0.05) is 12.6 Å². The van der Waals surface area contributed by atoms with Gasteiger partial charge in [0.1, 0.15) is 5.15 Å². The summed E-state index contributed by atoms with van der Waals surface area (Å²) in [5.41, 5.74) is 2.85.